The van der Waals surface area contributed by atoms with Crippen molar-refractivity contribution in [3.63, 3.8) is 0 Å². The molecule has 3 N–H and O–H groups in total. The van der Waals surface area contributed by atoms with Crippen molar-refractivity contribution < 1.29 is 12.8 Å². The smallest absolute Gasteiger partial charge is 0.241 e. The van der Waals surface area contributed by atoms with Crippen LogP contribution in [-0.2, 0) is 22.0 Å². The van der Waals surface area contributed by atoms with E-state index in [-0.39, 0.29) is 28.1 Å². The molecule has 0 amide bonds. The number of sulfonamides is 1. The van der Waals surface area contributed by atoms with Crippen LogP contribution in [0.3, 0.4) is 0 Å². The van der Waals surface area contributed by atoms with Crippen molar-refractivity contribution in [2.24, 2.45) is 0 Å². The number of benzene rings is 1. The Kier molecular flexibility index (Phi) is 5.29. The number of nitrogens with one attached hydrogen (secondary N) is 3. The minimum atomic E-state index is -3.61. The molecule has 9 heteroatoms. The van der Waals surface area contributed by atoms with Crippen LogP contribution in [-0.4, -0.2) is 23.6 Å². The molecule has 2 aliphatic rings. The number of H-pyrrole nitrogens is 1. The Balaban J connectivity index is 1.30. The number of rotatable bonds is 4. The average molecular weight is 470 g/mol. The lowest BCUT2D eigenvalue weighted by molar-refractivity contribution is 0.558. The highest BCUT2D eigenvalue weighted by Crippen LogP contribution is 2.43. The van der Waals surface area contributed by atoms with E-state index in [2.05, 4.69) is 59.2 Å². The molecule has 1 fully saturated rings. The molecular formula is C24H28FN5O2S. The Bertz CT molecular complexity index is 1310. The van der Waals surface area contributed by atoms with E-state index in [1.54, 1.807) is 0 Å². The predicted octanol–water partition coefficient (Wildman–Crippen LogP) is 4.83. The number of pyridine rings is 1. The van der Waals surface area contributed by atoms with E-state index in [9.17, 15) is 12.8 Å². The third kappa shape index (κ3) is 4.15. The molecule has 1 saturated carbocycles. The quantitative estimate of drug-likeness (QED) is 0.508. The van der Waals surface area contributed by atoms with Gasteiger partial charge in [0, 0.05) is 46.8 Å². The highest BCUT2D eigenvalue weighted by atomic mass is 32.2. The number of aromatic nitrogens is 3. The monoisotopic (exact) mass is 469 g/mol. The molecule has 5 rings (SSSR count). The largest absolute Gasteiger partial charge is 0.338 e. The van der Waals surface area contributed by atoms with Gasteiger partial charge in [-0.1, -0.05) is 26.8 Å². The zero-order valence-corrected chi connectivity index (χ0v) is 19.8. The second-order valence-corrected chi connectivity index (χ2v) is 11.7. The summed E-state index contributed by atoms with van der Waals surface area (Å²) < 4.78 is 41.0. The highest BCUT2D eigenvalue weighted by Gasteiger charge is 2.31. The van der Waals surface area contributed by atoms with Crippen LogP contribution in [0.2, 0.25) is 0 Å². The van der Waals surface area contributed by atoms with Crippen molar-refractivity contribution in [1.82, 2.24) is 19.9 Å². The minimum absolute atomic E-state index is 0.00279. The van der Waals surface area contributed by atoms with Crippen LogP contribution >= 0.6 is 0 Å². The molecule has 2 atom stereocenters. The lowest BCUT2D eigenvalue weighted by atomic mass is 9.90. The molecule has 1 aliphatic carbocycles. The summed E-state index contributed by atoms with van der Waals surface area (Å²) in [5.41, 5.74) is 3.58. The molecule has 2 unspecified atom stereocenters. The molecule has 0 saturated heterocycles. The number of hydrogen-bond donors (Lipinski definition) is 3. The van der Waals surface area contributed by atoms with Crippen LogP contribution in [0.4, 0.5) is 15.9 Å². The number of nitrogens with zero attached hydrogens (tertiary/aromatic N) is 2. The fraction of sp³-hybridized carbons (Fsp3) is 0.417. The van der Waals surface area contributed by atoms with Gasteiger partial charge in [0.2, 0.25) is 10.0 Å². The van der Waals surface area contributed by atoms with Crippen LogP contribution in [0.1, 0.15) is 74.5 Å². The summed E-state index contributed by atoms with van der Waals surface area (Å²) in [6, 6.07) is 11.1. The van der Waals surface area contributed by atoms with Gasteiger partial charge in [-0.2, -0.15) is 5.10 Å². The number of fused-ring (bicyclic) bond motifs is 1. The minimum Gasteiger partial charge on any atom is -0.338 e. The SMILES string of the molecule is CC(C)(C)c1cccc(C2CCC(c3cc(Nc4ccc5c(c4F)CNS5(=O)=O)[nH]n3)C2)n1. The van der Waals surface area contributed by atoms with Gasteiger partial charge >= 0.3 is 0 Å². The Morgan fingerprint density at radius 3 is 2.61 bits per heavy atom. The summed E-state index contributed by atoms with van der Waals surface area (Å²) in [7, 11) is -3.61. The normalized spacial score (nSPS) is 21.8. The van der Waals surface area contributed by atoms with Crippen molar-refractivity contribution in [1.29, 1.82) is 0 Å². The molecular weight excluding hydrogens is 441 g/mol. The molecule has 0 bridgehead atoms. The number of anilines is 2. The Morgan fingerprint density at radius 1 is 1.09 bits per heavy atom. The third-order valence-electron chi connectivity index (χ3n) is 6.60. The first-order valence-electron chi connectivity index (χ1n) is 11.2. The summed E-state index contributed by atoms with van der Waals surface area (Å²) in [5.74, 6) is 0.715. The van der Waals surface area contributed by atoms with E-state index in [4.69, 9.17) is 4.98 Å². The Morgan fingerprint density at radius 2 is 1.85 bits per heavy atom. The fourth-order valence-corrected chi connectivity index (χ4v) is 5.96. The zero-order valence-electron chi connectivity index (χ0n) is 18.9. The molecule has 3 heterocycles. The second-order valence-electron chi connectivity index (χ2n) is 9.96. The summed E-state index contributed by atoms with van der Waals surface area (Å²) in [6.45, 7) is 6.48. The first kappa shape index (κ1) is 22.0. The van der Waals surface area contributed by atoms with Crippen LogP contribution in [0.25, 0.3) is 0 Å². The molecule has 33 heavy (non-hydrogen) atoms. The summed E-state index contributed by atoms with van der Waals surface area (Å²) >= 11 is 0. The summed E-state index contributed by atoms with van der Waals surface area (Å²) in [4.78, 5) is 4.93. The maximum atomic E-state index is 14.9. The highest BCUT2D eigenvalue weighted by molar-refractivity contribution is 7.89. The molecule has 2 aromatic heterocycles. The van der Waals surface area contributed by atoms with Gasteiger partial charge in [-0.15, -0.1) is 0 Å². The number of hydrogen-bond acceptors (Lipinski definition) is 5. The van der Waals surface area contributed by atoms with Crippen molar-refractivity contribution in [2.45, 2.75) is 68.7 Å². The van der Waals surface area contributed by atoms with Crippen LogP contribution in [0, 0.1) is 5.82 Å². The predicted molar refractivity (Wildman–Crippen MR) is 125 cm³/mol. The topological polar surface area (TPSA) is 99.8 Å². The molecule has 7 nitrogen and oxygen atoms in total. The van der Waals surface area contributed by atoms with Gasteiger partial charge in [0.05, 0.1) is 16.3 Å². The van der Waals surface area contributed by atoms with Gasteiger partial charge in [0.15, 0.2) is 5.82 Å². The molecule has 174 valence electrons. The van der Waals surface area contributed by atoms with E-state index in [1.807, 2.05) is 6.07 Å². The van der Waals surface area contributed by atoms with Crippen molar-refractivity contribution in [3.8, 4) is 0 Å². The zero-order chi connectivity index (χ0) is 23.4. The van der Waals surface area contributed by atoms with Gasteiger partial charge < -0.3 is 5.32 Å². The molecule has 1 aromatic carbocycles. The summed E-state index contributed by atoms with van der Waals surface area (Å²) in [5, 5.41) is 10.4. The van der Waals surface area contributed by atoms with Crippen molar-refractivity contribution in [3.05, 3.63) is 64.9 Å². The number of aromatic amines is 1. The standard InChI is InChI=1S/C24H28FN5O2S/c1-24(2,3)21-6-4-5-17(27-21)14-7-8-15(11-14)19-12-22(30-29-19)28-18-9-10-20-16(23(18)25)13-26-33(20,31)32/h4-6,9-10,12,14-15,26H,7-8,11,13H2,1-3H3,(H2,28,29,30). The molecule has 1 aliphatic heterocycles. The lowest BCUT2D eigenvalue weighted by Crippen LogP contribution is -2.14. The van der Waals surface area contributed by atoms with Crippen molar-refractivity contribution in [2.75, 3.05) is 5.32 Å². The fourth-order valence-electron chi connectivity index (χ4n) is 4.73. The second kappa shape index (κ2) is 7.92. The van der Waals surface area contributed by atoms with E-state index >= 15 is 0 Å². The molecule has 0 radical (unpaired) electrons. The van der Waals surface area contributed by atoms with Crippen LogP contribution in [0.15, 0.2) is 41.3 Å². The first-order valence-corrected chi connectivity index (χ1v) is 12.7. The van der Waals surface area contributed by atoms with Crippen LogP contribution in [0.5, 0.6) is 0 Å². The molecule has 3 aromatic rings. The van der Waals surface area contributed by atoms with Gasteiger partial charge in [-0.25, -0.2) is 17.5 Å². The average Bonchev–Trinajstić information content (AvgIpc) is 3.49. The van der Waals surface area contributed by atoms with Crippen LogP contribution < -0.4 is 10.0 Å². The van der Waals surface area contributed by atoms with E-state index in [1.165, 1.54) is 12.1 Å². The van der Waals surface area contributed by atoms with E-state index < -0.39 is 15.8 Å². The first-order chi connectivity index (χ1) is 15.6. The third-order valence-corrected chi connectivity index (χ3v) is 8.09. The van der Waals surface area contributed by atoms with Gasteiger partial charge in [0.25, 0.3) is 0 Å². The van der Waals surface area contributed by atoms with Gasteiger partial charge in [-0.3, -0.25) is 10.1 Å². The van der Waals surface area contributed by atoms with Gasteiger partial charge in [-0.05, 0) is 43.5 Å². The Labute approximate surface area is 193 Å². The van der Waals surface area contributed by atoms with Gasteiger partial charge in [0.1, 0.15) is 5.82 Å². The van der Waals surface area contributed by atoms with E-state index in [0.717, 1.165) is 36.3 Å². The molecule has 0 spiro atoms. The lowest BCUT2D eigenvalue weighted by Gasteiger charge is -2.20. The van der Waals surface area contributed by atoms with E-state index in [0.29, 0.717) is 17.7 Å². The summed E-state index contributed by atoms with van der Waals surface area (Å²) in [6.07, 6.45) is 3.05. The Hall–Kier alpha value is -2.78. The maximum Gasteiger partial charge on any atom is 0.241 e. The number of halogens is 1. The van der Waals surface area contributed by atoms with Crippen molar-refractivity contribution >= 4 is 21.5 Å². The maximum absolute atomic E-state index is 14.9.